The van der Waals surface area contributed by atoms with Gasteiger partial charge in [0.1, 0.15) is 11.4 Å². The lowest BCUT2D eigenvalue weighted by Gasteiger charge is -2.20. The van der Waals surface area contributed by atoms with Crippen molar-refractivity contribution in [1.82, 2.24) is 10.7 Å². The van der Waals surface area contributed by atoms with E-state index in [2.05, 4.69) is 34.6 Å². The van der Waals surface area contributed by atoms with Gasteiger partial charge in [-0.15, -0.1) is 0 Å². The summed E-state index contributed by atoms with van der Waals surface area (Å²) in [6.45, 7) is 5.96. The predicted octanol–water partition coefficient (Wildman–Crippen LogP) is 4.16. The lowest BCUT2D eigenvalue weighted by atomic mass is 10.1. The first-order valence-corrected chi connectivity index (χ1v) is 11.1. The number of nitrogens with one attached hydrogen (secondary N) is 2. The third kappa shape index (κ3) is 6.56. The van der Waals surface area contributed by atoms with E-state index in [4.69, 9.17) is 0 Å². The number of aromatic hydroxyl groups is 1. The predicted molar refractivity (Wildman–Crippen MR) is 136 cm³/mol. The molecule has 0 heterocycles. The largest absolute Gasteiger partial charge is 0.507 e. The first-order valence-electron chi connectivity index (χ1n) is 11.1. The van der Waals surface area contributed by atoms with Crippen LogP contribution in [-0.2, 0) is 4.79 Å². The van der Waals surface area contributed by atoms with E-state index in [0.717, 1.165) is 24.3 Å². The third-order valence-corrected chi connectivity index (χ3v) is 5.17. The van der Waals surface area contributed by atoms with Gasteiger partial charge >= 0.3 is 0 Å². The highest BCUT2D eigenvalue weighted by atomic mass is 16.3. The van der Waals surface area contributed by atoms with E-state index in [1.165, 1.54) is 12.3 Å². The molecule has 0 saturated carbocycles. The molecule has 0 aliphatic rings. The van der Waals surface area contributed by atoms with Crippen molar-refractivity contribution in [2.45, 2.75) is 13.8 Å². The number of phenolic OH excluding ortho intramolecular Hbond substituents is 1. The van der Waals surface area contributed by atoms with Crippen molar-refractivity contribution in [3.05, 3.63) is 101 Å². The number of amides is 2. The van der Waals surface area contributed by atoms with Gasteiger partial charge in [0.2, 0.25) is 0 Å². The van der Waals surface area contributed by atoms with Crippen LogP contribution in [0.4, 0.5) is 5.69 Å². The average Bonchev–Trinajstić information content (AvgIpc) is 2.87. The Hall–Kier alpha value is -4.39. The highest BCUT2D eigenvalue weighted by Gasteiger charge is 2.14. The number of hydrogen-bond donors (Lipinski definition) is 3. The van der Waals surface area contributed by atoms with Gasteiger partial charge in [-0.05, 0) is 61.9 Å². The Kier molecular flexibility index (Phi) is 8.57. The molecule has 7 heteroatoms. The van der Waals surface area contributed by atoms with E-state index >= 15 is 0 Å². The summed E-state index contributed by atoms with van der Waals surface area (Å²) in [6, 6.07) is 23.0. The van der Waals surface area contributed by atoms with Crippen LogP contribution in [0.2, 0.25) is 0 Å². The fourth-order valence-corrected chi connectivity index (χ4v) is 3.30. The lowest BCUT2D eigenvalue weighted by Crippen LogP contribution is -2.32. The fourth-order valence-electron chi connectivity index (χ4n) is 3.30. The smallest absolute Gasteiger partial charge is 0.287 e. The molecule has 0 atom stereocenters. The van der Waals surface area contributed by atoms with Gasteiger partial charge in [0.25, 0.3) is 11.8 Å². The van der Waals surface area contributed by atoms with Gasteiger partial charge in [-0.2, -0.15) is 5.10 Å². The van der Waals surface area contributed by atoms with Crippen molar-refractivity contribution in [3.8, 4) is 5.75 Å². The summed E-state index contributed by atoms with van der Waals surface area (Å²) in [5.41, 5.74) is 5.16. The highest BCUT2D eigenvalue weighted by Crippen LogP contribution is 2.17. The molecule has 0 radical (unpaired) electrons. The molecule has 0 spiro atoms. The number of hydrogen-bond acceptors (Lipinski definition) is 5. The van der Waals surface area contributed by atoms with Gasteiger partial charge in [-0.25, -0.2) is 5.43 Å². The van der Waals surface area contributed by atoms with Crippen molar-refractivity contribution >= 4 is 29.8 Å². The number of benzene rings is 3. The molecule has 3 aromatic carbocycles. The van der Waals surface area contributed by atoms with Crippen LogP contribution in [0.3, 0.4) is 0 Å². The van der Waals surface area contributed by atoms with Crippen molar-refractivity contribution in [3.63, 3.8) is 0 Å². The fraction of sp³-hybridized carbons (Fsp3) is 0.148. The number of anilines is 1. The molecule has 3 N–H and O–H groups in total. The van der Waals surface area contributed by atoms with Gasteiger partial charge in [-0.3, -0.25) is 9.59 Å². The molecular formula is C27H28N4O3. The standard InChI is InChI=1S/C27H28N4O3/c1-3-31(4-2)23-16-14-20(15-17-23)18-24(29-26(33)21-10-6-5-7-11-21)27(34)30-28-19-22-12-8-9-13-25(22)32/h5-19,32H,3-4H2,1-2H3,(H,29,33)(H,30,34). The SMILES string of the molecule is CCN(CC)c1ccc(C=C(NC(=O)c2ccccc2)C(=O)NN=Cc2ccccc2O)cc1. The van der Waals surface area contributed by atoms with Crippen LogP contribution in [0.15, 0.2) is 89.7 Å². The van der Waals surface area contributed by atoms with Gasteiger partial charge in [0.05, 0.1) is 6.21 Å². The minimum Gasteiger partial charge on any atom is -0.507 e. The first kappa shape index (κ1) is 24.3. The lowest BCUT2D eigenvalue weighted by molar-refractivity contribution is -0.117. The maximum absolute atomic E-state index is 12.9. The molecular weight excluding hydrogens is 428 g/mol. The average molecular weight is 457 g/mol. The third-order valence-electron chi connectivity index (χ3n) is 5.17. The van der Waals surface area contributed by atoms with Crippen LogP contribution < -0.4 is 15.6 Å². The van der Waals surface area contributed by atoms with E-state index in [1.54, 1.807) is 48.5 Å². The summed E-state index contributed by atoms with van der Waals surface area (Å²) in [5, 5.41) is 16.4. The number of nitrogens with zero attached hydrogens (tertiary/aromatic N) is 2. The van der Waals surface area contributed by atoms with Crippen LogP contribution >= 0.6 is 0 Å². The zero-order valence-electron chi connectivity index (χ0n) is 19.2. The Bertz CT molecular complexity index is 1170. The minimum atomic E-state index is -0.594. The molecule has 34 heavy (non-hydrogen) atoms. The van der Waals surface area contributed by atoms with Gasteiger partial charge in [0, 0.05) is 29.9 Å². The maximum Gasteiger partial charge on any atom is 0.287 e. The van der Waals surface area contributed by atoms with Crippen LogP contribution in [0.25, 0.3) is 6.08 Å². The molecule has 0 unspecified atom stereocenters. The number of para-hydroxylation sites is 1. The zero-order valence-corrected chi connectivity index (χ0v) is 19.2. The van der Waals surface area contributed by atoms with Crippen LogP contribution in [0.5, 0.6) is 5.75 Å². The van der Waals surface area contributed by atoms with Crippen molar-refractivity contribution in [2.24, 2.45) is 5.10 Å². The molecule has 0 aromatic heterocycles. The summed E-state index contributed by atoms with van der Waals surface area (Å²) < 4.78 is 0. The second-order valence-corrected chi connectivity index (χ2v) is 7.40. The van der Waals surface area contributed by atoms with Crippen molar-refractivity contribution in [2.75, 3.05) is 18.0 Å². The number of hydrazone groups is 1. The maximum atomic E-state index is 12.9. The summed E-state index contributed by atoms with van der Waals surface area (Å²) in [7, 11) is 0. The molecule has 0 bridgehead atoms. The highest BCUT2D eigenvalue weighted by molar-refractivity contribution is 6.05. The normalized spacial score (nSPS) is 11.3. The molecule has 7 nitrogen and oxygen atoms in total. The number of rotatable bonds is 9. The van der Waals surface area contributed by atoms with Crippen molar-refractivity contribution < 1.29 is 14.7 Å². The molecule has 3 rings (SSSR count). The van der Waals surface area contributed by atoms with E-state index in [9.17, 15) is 14.7 Å². The second-order valence-electron chi connectivity index (χ2n) is 7.40. The topological polar surface area (TPSA) is 94.0 Å². The van der Waals surface area contributed by atoms with Crippen LogP contribution in [-0.4, -0.2) is 36.2 Å². The molecule has 174 valence electrons. The first-order chi connectivity index (χ1) is 16.5. The van der Waals surface area contributed by atoms with Gasteiger partial charge in [0.15, 0.2) is 0 Å². The van der Waals surface area contributed by atoms with Crippen LogP contribution in [0.1, 0.15) is 35.3 Å². The number of carbonyl (C=O) groups excluding carboxylic acids is 2. The molecule has 0 saturated heterocycles. The van der Waals surface area contributed by atoms with Gasteiger partial charge in [-0.1, -0.05) is 42.5 Å². The van der Waals surface area contributed by atoms with E-state index in [-0.39, 0.29) is 11.4 Å². The van der Waals surface area contributed by atoms with E-state index in [0.29, 0.717) is 11.1 Å². The van der Waals surface area contributed by atoms with Crippen LogP contribution in [0, 0.1) is 0 Å². The number of carbonyl (C=O) groups is 2. The Morgan fingerprint density at radius 3 is 2.21 bits per heavy atom. The summed E-state index contributed by atoms with van der Waals surface area (Å²) >= 11 is 0. The molecule has 0 aliphatic carbocycles. The van der Waals surface area contributed by atoms with E-state index in [1.807, 2.05) is 30.3 Å². The second kappa shape index (κ2) is 12.0. The summed E-state index contributed by atoms with van der Waals surface area (Å²) in [6.07, 6.45) is 2.93. The molecule has 3 aromatic rings. The summed E-state index contributed by atoms with van der Waals surface area (Å²) in [4.78, 5) is 27.8. The Labute approximate surface area is 199 Å². The molecule has 2 amide bonds. The monoisotopic (exact) mass is 456 g/mol. The summed E-state index contributed by atoms with van der Waals surface area (Å²) in [5.74, 6) is -0.961. The quantitative estimate of drug-likeness (QED) is 0.256. The minimum absolute atomic E-state index is 0.0406. The molecule has 0 aliphatic heterocycles. The number of phenols is 1. The van der Waals surface area contributed by atoms with E-state index < -0.39 is 11.8 Å². The molecule has 0 fully saturated rings. The Balaban J connectivity index is 1.83. The van der Waals surface area contributed by atoms with Gasteiger partial charge < -0.3 is 15.3 Å². The Morgan fingerprint density at radius 2 is 1.56 bits per heavy atom. The Morgan fingerprint density at radius 1 is 0.912 bits per heavy atom. The van der Waals surface area contributed by atoms with Crippen molar-refractivity contribution in [1.29, 1.82) is 0 Å². The zero-order chi connectivity index (χ0) is 24.3.